The molecular formula is C28H34N2O4. The van der Waals surface area contributed by atoms with Gasteiger partial charge in [0.25, 0.3) is 0 Å². The number of carboxylic acid groups (broad SMARTS) is 1. The summed E-state index contributed by atoms with van der Waals surface area (Å²) in [6.07, 6.45) is 7.21. The van der Waals surface area contributed by atoms with Crippen LogP contribution < -0.4 is 10.7 Å². The summed E-state index contributed by atoms with van der Waals surface area (Å²) in [5, 5.41) is 11.1. The number of benzene rings is 1. The Balaban J connectivity index is 1.68. The van der Waals surface area contributed by atoms with E-state index >= 15 is 0 Å². The van der Waals surface area contributed by atoms with Crippen molar-refractivity contribution >= 4 is 24.1 Å². The third-order valence-corrected chi connectivity index (χ3v) is 6.78. The highest BCUT2D eigenvalue weighted by Crippen LogP contribution is 2.36. The number of aromatic nitrogens is 2. The minimum atomic E-state index is -0.987. The second-order valence-corrected chi connectivity index (χ2v) is 11.0. The van der Waals surface area contributed by atoms with E-state index < -0.39 is 17.0 Å². The van der Waals surface area contributed by atoms with E-state index in [1.165, 1.54) is 5.56 Å². The van der Waals surface area contributed by atoms with E-state index in [2.05, 4.69) is 24.3 Å². The molecule has 0 spiro atoms. The van der Waals surface area contributed by atoms with Crippen LogP contribution in [0.4, 0.5) is 0 Å². The maximum Gasteiger partial charge on any atom is 0.313 e. The van der Waals surface area contributed by atoms with E-state index in [9.17, 15) is 14.7 Å². The first-order chi connectivity index (χ1) is 15.9. The number of carbonyl (C=O) groups excluding carboxylic acids is 1. The van der Waals surface area contributed by atoms with Gasteiger partial charge in [-0.1, -0.05) is 35.9 Å². The molecular weight excluding hydrogens is 428 g/mol. The van der Waals surface area contributed by atoms with Gasteiger partial charge in [-0.3, -0.25) is 9.59 Å². The van der Waals surface area contributed by atoms with Gasteiger partial charge in [-0.2, -0.15) is 0 Å². The topological polar surface area (TPSA) is 89.4 Å². The monoisotopic (exact) mass is 462 g/mol. The first-order valence-electron chi connectivity index (χ1n) is 12.1. The molecule has 1 fully saturated rings. The lowest BCUT2D eigenvalue weighted by Gasteiger charge is -2.22. The summed E-state index contributed by atoms with van der Waals surface area (Å²) in [7, 11) is 0. The Morgan fingerprint density at radius 1 is 1.12 bits per heavy atom. The summed E-state index contributed by atoms with van der Waals surface area (Å²) in [6.45, 7) is 9.45. The zero-order chi connectivity index (χ0) is 24.7. The summed E-state index contributed by atoms with van der Waals surface area (Å²) in [4.78, 5) is 34.3. The van der Waals surface area contributed by atoms with Crippen molar-refractivity contribution < 1.29 is 19.4 Å². The van der Waals surface area contributed by atoms with Crippen LogP contribution in [-0.4, -0.2) is 32.6 Å². The molecule has 6 nitrogen and oxygen atoms in total. The van der Waals surface area contributed by atoms with Crippen molar-refractivity contribution in [2.24, 2.45) is 17.3 Å². The van der Waals surface area contributed by atoms with Gasteiger partial charge in [0.2, 0.25) is 0 Å². The predicted molar refractivity (Wildman–Crippen MR) is 131 cm³/mol. The number of fused-ring (bicyclic) bond motifs is 1. The van der Waals surface area contributed by atoms with Crippen molar-refractivity contribution in [3.8, 4) is 11.3 Å². The maximum atomic E-state index is 12.6. The zero-order valence-corrected chi connectivity index (χ0v) is 20.7. The van der Waals surface area contributed by atoms with Crippen LogP contribution in [0.1, 0.15) is 64.6 Å². The van der Waals surface area contributed by atoms with Gasteiger partial charge in [-0.15, -0.1) is 0 Å². The van der Waals surface area contributed by atoms with Gasteiger partial charge in [0, 0.05) is 5.56 Å². The van der Waals surface area contributed by atoms with Gasteiger partial charge in [0.15, 0.2) is 0 Å². The number of esters is 1. The summed E-state index contributed by atoms with van der Waals surface area (Å²) >= 11 is 0. The van der Waals surface area contributed by atoms with Crippen molar-refractivity contribution in [3.05, 3.63) is 46.2 Å². The maximum absolute atomic E-state index is 12.6. The molecule has 2 aromatic rings. The molecule has 34 heavy (non-hydrogen) atoms. The smallest absolute Gasteiger partial charge is 0.313 e. The lowest BCUT2D eigenvalue weighted by Crippen LogP contribution is -2.41. The van der Waals surface area contributed by atoms with E-state index in [1.54, 1.807) is 13.0 Å². The van der Waals surface area contributed by atoms with Crippen LogP contribution in [-0.2, 0) is 20.7 Å². The number of aliphatic carboxylic acids is 1. The fraction of sp³-hybridized carbons (Fsp3) is 0.500. The lowest BCUT2D eigenvalue weighted by atomic mass is 9.84. The second-order valence-electron chi connectivity index (χ2n) is 11.0. The largest absolute Gasteiger partial charge is 0.481 e. The number of ether oxygens (including phenoxy) is 1. The summed E-state index contributed by atoms with van der Waals surface area (Å²) < 4.78 is 5.61. The molecule has 2 aliphatic carbocycles. The Bertz CT molecular complexity index is 1230. The third kappa shape index (κ3) is 5.21. The highest BCUT2D eigenvalue weighted by molar-refractivity contribution is 5.83. The molecule has 0 amide bonds. The molecule has 1 aromatic heterocycles. The molecule has 3 atom stereocenters. The summed E-state index contributed by atoms with van der Waals surface area (Å²) in [5.41, 5.74) is 2.39. The molecule has 0 radical (unpaired) electrons. The zero-order valence-electron chi connectivity index (χ0n) is 20.7. The molecule has 1 N–H and O–H groups in total. The molecule has 1 saturated carbocycles. The lowest BCUT2D eigenvalue weighted by molar-refractivity contribution is -0.159. The van der Waals surface area contributed by atoms with Crippen LogP contribution in [0, 0.1) is 24.2 Å². The molecule has 2 aliphatic rings. The molecule has 0 aliphatic heterocycles. The Morgan fingerprint density at radius 2 is 1.82 bits per heavy atom. The Morgan fingerprint density at radius 3 is 2.47 bits per heavy atom. The molecule has 1 aromatic carbocycles. The van der Waals surface area contributed by atoms with Crippen molar-refractivity contribution in [2.75, 3.05) is 0 Å². The number of hydrogen-bond acceptors (Lipinski definition) is 5. The van der Waals surface area contributed by atoms with Crippen LogP contribution in [0.3, 0.4) is 0 Å². The van der Waals surface area contributed by atoms with E-state index in [1.807, 2.05) is 33.8 Å². The van der Waals surface area contributed by atoms with E-state index in [-0.39, 0.29) is 11.9 Å². The van der Waals surface area contributed by atoms with Crippen molar-refractivity contribution in [1.82, 2.24) is 9.97 Å². The molecule has 6 heteroatoms. The Labute approximate surface area is 200 Å². The van der Waals surface area contributed by atoms with Crippen molar-refractivity contribution in [3.63, 3.8) is 0 Å². The van der Waals surface area contributed by atoms with Crippen LogP contribution in [0.2, 0.25) is 0 Å². The fourth-order valence-electron chi connectivity index (χ4n) is 4.79. The van der Waals surface area contributed by atoms with Gasteiger partial charge in [-0.25, -0.2) is 9.97 Å². The summed E-state index contributed by atoms with van der Waals surface area (Å²) in [5.74, 6) is -0.776. The predicted octanol–water partition coefficient (Wildman–Crippen LogP) is 3.81. The van der Waals surface area contributed by atoms with Gasteiger partial charge < -0.3 is 9.84 Å². The number of carboxylic acids is 1. The minimum Gasteiger partial charge on any atom is -0.481 e. The number of aryl methyl sites for hydroxylation is 1. The fourth-order valence-corrected chi connectivity index (χ4v) is 4.79. The molecule has 0 saturated heterocycles. The van der Waals surface area contributed by atoms with Crippen LogP contribution in [0.25, 0.3) is 23.4 Å². The summed E-state index contributed by atoms with van der Waals surface area (Å²) in [6, 6.07) is 8.24. The highest BCUT2D eigenvalue weighted by Gasteiger charge is 2.35. The first-order valence-corrected chi connectivity index (χ1v) is 12.1. The van der Waals surface area contributed by atoms with Gasteiger partial charge >= 0.3 is 11.9 Å². The number of carbonyl (C=O) groups is 2. The molecule has 4 rings (SSSR count). The van der Waals surface area contributed by atoms with Crippen LogP contribution >= 0.6 is 0 Å². The minimum absolute atomic E-state index is 0.0900. The van der Waals surface area contributed by atoms with Gasteiger partial charge in [0.05, 0.1) is 33.4 Å². The Kier molecular flexibility index (Phi) is 6.36. The average molecular weight is 463 g/mol. The van der Waals surface area contributed by atoms with E-state index in [4.69, 9.17) is 14.7 Å². The SMILES string of the molecule is Cc1ccc(-c2nc3c(nc2CC2CCC(C(=O)OC(C)(C)C)C2)=C[C@](C)(C(=O)O)CC=3)cc1. The number of rotatable bonds is 5. The van der Waals surface area contributed by atoms with Gasteiger partial charge in [-0.05, 0) is 78.7 Å². The normalized spacial score (nSPS) is 24.0. The van der Waals surface area contributed by atoms with E-state index in [0.29, 0.717) is 24.1 Å². The Hall–Kier alpha value is -3.02. The van der Waals surface area contributed by atoms with Gasteiger partial charge in [0.1, 0.15) is 5.60 Å². The average Bonchev–Trinajstić information content (AvgIpc) is 3.21. The first kappa shape index (κ1) is 24.1. The number of nitrogens with zero attached hydrogens (tertiary/aromatic N) is 2. The number of hydrogen-bond donors (Lipinski definition) is 1. The quantitative estimate of drug-likeness (QED) is 0.680. The third-order valence-electron chi connectivity index (χ3n) is 6.78. The van der Waals surface area contributed by atoms with Crippen LogP contribution in [0.5, 0.6) is 0 Å². The second kappa shape index (κ2) is 8.97. The molecule has 180 valence electrons. The van der Waals surface area contributed by atoms with Crippen LogP contribution in [0.15, 0.2) is 24.3 Å². The molecule has 2 unspecified atom stereocenters. The van der Waals surface area contributed by atoms with E-state index in [0.717, 1.165) is 41.6 Å². The molecule has 0 bridgehead atoms. The van der Waals surface area contributed by atoms with Crippen molar-refractivity contribution in [1.29, 1.82) is 0 Å². The van der Waals surface area contributed by atoms with Crippen molar-refractivity contribution in [2.45, 2.75) is 72.3 Å². The highest BCUT2D eigenvalue weighted by atomic mass is 16.6. The standard InChI is InChI=1S/C28H34N2O4/c1-17-6-9-19(10-7-17)24-22(15-18-8-11-20(14-18)25(31)34-27(2,3)4)29-23-16-28(5,26(32)33)13-12-21(23)30-24/h6-7,9-10,12,16,18,20H,8,11,13-15H2,1-5H3,(H,32,33)/t18?,20?,28-/m1/s1. The molecule has 1 heterocycles.